The number of hydrogen-bond donors (Lipinski definition) is 2. The molecule has 1 rings (SSSR count). The summed E-state index contributed by atoms with van der Waals surface area (Å²) in [4.78, 5) is 13.5. The average Bonchev–Trinajstić information content (AvgIpc) is 2.40. The van der Waals surface area contributed by atoms with Crippen LogP contribution in [0.15, 0.2) is 22.7 Å². The van der Waals surface area contributed by atoms with Gasteiger partial charge in [0, 0.05) is 23.1 Å². The minimum Gasteiger partial charge on any atom is -0.480 e. The van der Waals surface area contributed by atoms with Gasteiger partial charge in [0.2, 0.25) is 0 Å². The Morgan fingerprint density at radius 2 is 2.10 bits per heavy atom. The molecular formula is C14H20BrFN2O2. The summed E-state index contributed by atoms with van der Waals surface area (Å²) in [6, 6.07) is 3.37. The Balaban J connectivity index is 2.72. The molecule has 0 amide bonds. The molecule has 0 aromatic heterocycles. The molecular weight excluding hydrogens is 327 g/mol. The van der Waals surface area contributed by atoms with Crippen molar-refractivity contribution in [2.45, 2.75) is 19.9 Å². The molecule has 0 aliphatic carbocycles. The van der Waals surface area contributed by atoms with Crippen molar-refractivity contribution in [3.05, 3.63) is 34.1 Å². The summed E-state index contributed by atoms with van der Waals surface area (Å²) in [5.74, 6) is -1.60. The van der Waals surface area contributed by atoms with Crippen molar-refractivity contribution in [2.75, 3.05) is 26.2 Å². The molecule has 0 bridgehead atoms. The van der Waals surface area contributed by atoms with Crippen molar-refractivity contribution in [1.29, 1.82) is 0 Å². The Morgan fingerprint density at radius 1 is 1.45 bits per heavy atom. The maximum Gasteiger partial charge on any atom is 0.325 e. The topological polar surface area (TPSA) is 52.6 Å². The van der Waals surface area contributed by atoms with Crippen molar-refractivity contribution < 1.29 is 14.3 Å². The Hall–Kier alpha value is -0.980. The number of likely N-dealkylation sites (N-methyl/N-ethyl adjacent to an activating group) is 1. The van der Waals surface area contributed by atoms with Crippen molar-refractivity contribution in [1.82, 2.24) is 10.2 Å². The van der Waals surface area contributed by atoms with Crippen LogP contribution in [0.5, 0.6) is 0 Å². The van der Waals surface area contributed by atoms with Gasteiger partial charge in [-0.1, -0.05) is 35.8 Å². The van der Waals surface area contributed by atoms with Gasteiger partial charge < -0.3 is 10.0 Å². The lowest BCUT2D eigenvalue weighted by Crippen LogP contribution is -2.36. The minimum atomic E-state index is -1.08. The highest BCUT2D eigenvalue weighted by Gasteiger charge is 2.22. The van der Waals surface area contributed by atoms with Crippen LogP contribution in [0.3, 0.4) is 0 Å². The van der Waals surface area contributed by atoms with Crippen LogP contribution < -0.4 is 5.32 Å². The number of rotatable bonds is 8. The van der Waals surface area contributed by atoms with Crippen LogP contribution in [0, 0.1) is 5.82 Å². The molecule has 20 heavy (non-hydrogen) atoms. The molecule has 2 N–H and O–H groups in total. The number of hydrogen-bond acceptors (Lipinski definition) is 3. The molecule has 4 nitrogen and oxygen atoms in total. The SMILES string of the molecule is CCN(CC)CCNC(C(=O)O)c1ccc(Br)cc1F. The summed E-state index contributed by atoms with van der Waals surface area (Å²) in [6.07, 6.45) is 0. The molecule has 6 heteroatoms. The van der Waals surface area contributed by atoms with E-state index in [2.05, 4.69) is 26.1 Å². The first-order valence-electron chi connectivity index (χ1n) is 6.63. The number of benzene rings is 1. The van der Waals surface area contributed by atoms with Gasteiger partial charge in [0.1, 0.15) is 11.9 Å². The van der Waals surface area contributed by atoms with E-state index < -0.39 is 17.8 Å². The first-order chi connectivity index (χ1) is 9.49. The van der Waals surface area contributed by atoms with Gasteiger partial charge >= 0.3 is 5.97 Å². The summed E-state index contributed by atoms with van der Waals surface area (Å²) in [5, 5.41) is 12.1. The molecule has 1 unspecified atom stereocenters. The zero-order valence-corrected chi connectivity index (χ0v) is 13.3. The number of nitrogens with zero attached hydrogens (tertiary/aromatic N) is 1. The maximum absolute atomic E-state index is 13.8. The highest BCUT2D eigenvalue weighted by molar-refractivity contribution is 9.10. The van der Waals surface area contributed by atoms with Gasteiger partial charge in [-0.25, -0.2) is 4.39 Å². The quantitative estimate of drug-likeness (QED) is 0.759. The highest BCUT2D eigenvalue weighted by atomic mass is 79.9. The highest BCUT2D eigenvalue weighted by Crippen LogP contribution is 2.21. The molecule has 0 saturated carbocycles. The fourth-order valence-corrected chi connectivity index (χ4v) is 2.31. The smallest absolute Gasteiger partial charge is 0.325 e. The third-order valence-electron chi connectivity index (χ3n) is 3.19. The Labute approximate surface area is 127 Å². The zero-order chi connectivity index (χ0) is 15.1. The van der Waals surface area contributed by atoms with E-state index in [-0.39, 0.29) is 5.56 Å². The van der Waals surface area contributed by atoms with Gasteiger partial charge in [0.05, 0.1) is 0 Å². The minimum absolute atomic E-state index is 0.153. The van der Waals surface area contributed by atoms with Gasteiger partial charge in [-0.3, -0.25) is 10.1 Å². The second-order valence-corrected chi connectivity index (χ2v) is 5.33. The molecule has 1 atom stereocenters. The molecule has 0 heterocycles. The molecule has 0 radical (unpaired) electrons. The van der Waals surface area contributed by atoms with Gasteiger partial charge in [-0.2, -0.15) is 0 Å². The number of carboxylic acid groups (broad SMARTS) is 1. The molecule has 0 aliphatic rings. The lowest BCUT2D eigenvalue weighted by molar-refractivity contribution is -0.139. The normalized spacial score (nSPS) is 12.7. The van der Waals surface area contributed by atoms with E-state index in [1.54, 1.807) is 6.07 Å². The van der Waals surface area contributed by atoms with Gasteiger partial charge in [0.15, 0.2) is 0 Å². The molecule has 0 saturated heterocycles. The van der Waals surface area contributed by atoms with E-state index in [1.807, 2.05) is 13.8 Å². The Kier molecular flexibility index (Phi) is 7.12. The maximum atomic E-state index is 13.8. The van der Waals surface area contributed by atoms with E-state index >= 15 is 0 Å². The molecule has 112 valence electrons. The summed E-state index contributed by atoms with van der Waals surface area (Å²) in [6.45, 7) is 7.13. The van der Waals surface area contributed by atoms with Crippen LogP contribution in [0.1, 0.15) is 25.5 Å². The monoisotopic (exact) mass is 346 g/mol. The molecule has 1 aromatic rings. The first-order valence-corrected chi connectivity index (χ1v) is 7.42. The lowest BCUT2D eigenvalue weighted by atomic mass is 10.1. The zero-order valence-electron chi connectivity index (χ0n) is 11.7. The standard InChI is InChI=1S/C14H20BrFN2O2/c1-3-18(4-2)8-7-17-13(14(19)20)11-6-5-10(15)9-12(11)16/h5-6,9,13,17H,3-4,7-8H2,1-2H3,(H,19,20). The molecule has 1 aromatic carbocycles. The van der Waals surface area contributed by atoms with E-state index in [1.165, 1.54) is 12.1 Å². The molecule has 0 fully saturated rings. The Morgan fingerprint density at radius 3 is 2.60 bits per heavy atom. The average molecular weight is 347 g/mol. The van der Waals surface area contributed by atoms with Crippen molar-refractivity contribution in [3.8, 4) is 0 Å². The van der Waals surface area contributed by atoms with Crippen LogP contribution in [-0.4, -0.2) is 42.2 Å². The number of aliphatic carboxylic acids is 1. The fourth-order valence-electron chi connectivity index (χ4n) is 1.97. The predicted octanol–water partition coefficient (Wildman–Crippen LogP) is 2.65. The number of carboxylic acids is 1. The van der Waals surface area contributed by atoms with Gasteiger partial charge in [-0.15, -0.1) is 0 Å². The van der Waals surface area contributed by atoms with Gasteiger partial charge in [0.25, 0.3) is 0 Å². The fraction of sp³-hybridized carbons (Fsp3) is 0.500. The summed E-state index contributed by atoms with van der Waals surface area (Å²) in [7, 11) is 0. The van der Waals surface area contributed by atoms with Crippen molar-refractivity contribution in [2.24, 2.45) is 0 Å². The van der Waals surface area contributed by atoms with E-state index in [0.717, 1.165) is 19.6 Å². The molecule has 0 aliphatic heterocycles. The van der Waals surface area contributed by atoms with E-state index in [4.69, 9.17) is 0 Å². The van der Waals surface area contributed by atoms with Crippen LogP contribution in [0.2, 0.25) is 0 Å². The largest absolute Gasteiger partial charge is 0.480 e. The van der Waals surface area contributed by atoms with Crippen LogP contribution in [0.25, 0.3) is 0 Å². The summed E-state index contributed by atoms with van der Waals surface area (Å²) < 4.78 is 14.4. The number of halogens is 2. The second kappa shape index (κ2) is 8.34. The first kappa shape index (κ1) is 17.1. The third kappa shape index (κ3) is 4.85. The lowest BCUT2D eigenvalue weighted by Gasteiger charge is -2.21. The van der Waals surface area contributed by atoms with Gasteiger partial charge in [-0.05, 0) is 25.2 Å². The van der Waals surface area contributed by atoms with Crippen molar-refractivity contribution in [3.63, 3.8) is 0 Å². The third-order valence-corrected chi connectivity index (χ3v) is 3.68. The van der Waals surface area contributed by atoms with Crippen LogP contribution in [0.4, 0.5) is 4.39 Å². The second-order valence-electron chi connectivity index (χ2n) is 4.42. The van der Waals surface area contributed by atoms with Crippen molar-refractivity contribution >= 4 is 21.9 Å². The summed E-state index contributed by atoms with van der Waals surface area (Å²) >= 11 is 3.16. The Bertz CT molecular complexity index is 453. The van der Waals surface area contributed by atoms with Crippen LogP contribution in [-0.2, 0) is 4.79 Å². The van der Waals surface area contributed by atoms with E-state index in [9.17, 15) is 14.3 Å². The van der Waals surface area contributed by atoms with E-state index in [0.29, 0.717) is 11.0 Å². The summed E-state index contributed by atoms with van der Waals surface area (Å²) in [5.41, 5.74) is 0.153. The predicted molar refractivity (Wildman–Crippen MR) is 80.3 cm³/mol. The van der Waals surface area contributed by atoms with Crippen LogP contribution >= 0.6 is 15.9 Å². The number of carbonyl (C=O) groups is 1. The number of nitrogens with one attached hydrogen (secondary N) is 1. The molecule has 0 spiro atoms.